The van der Waals surface area contributed by atoms with Gasteiger partial charge in [0.2, 0.25) is 5.91 Å². The first kappa shape index (κ1) is 16.0. The molecule has 0 saturated carbocycles. The van der Waals surface area contributed by atoms with Crippen molar-refractivity contribution in [2.75, 3.05) is 0 Å². The summed E-state index contributed by atoms with van der Waals surface area (Å²) in [5, 5.41) is 15.9. The smallest absolute Gasteiger partial charge is 0.240 e. The van der Waals surface area contributed by atoms with Gasteiger partial charge < -0.3 is 5.11 Å². The van der Waals surface area contributed by atoms with E-state index >= 15 is 0 Å². The van der Waals surface area contributed by atoms with E-state index in [1.807, 2.05) is 30.3 Å². The fraction of sp³-hybridized carbons (Fsp3) is 0.333. The predicted octanol–water partition coefficient (Wildman–Crippen LogP) is 3.97. The lowest BCUT2D eigenvalue weighted by Crippen LogP contribution is -2.16. The van der Waals surface area contributed by atoms with Crippen LogP contribution in [-0.4, -0.2) is 17.2 Å². The van der Waals surface area contributed by atoms with Gasteiger partial charge in [-0.1, -0.05) is 56.5 Å². The second kappa shape index (κ2) is 8.17. The molecular weight excluding hydrogens is 276 g/mol. The van der Waals surface area contributed by atoms with E-state index in [1.165, 1.54) is 6.21 Å². The van der Waals surface area contributed by atoms with Crippen molar-refractivity contribution in [1.82, 2.24) is 5.43 Å². The first-order valence-corrected chi connectivity index (χ1v) is 7.75. The van der Waals surface area contributed by atoms with E-state index in [1.54, 1.807) is 6.07 Å². The number of carbonyl (C=O) groups is 1. The van der Waals surface area contributed by atoms with E-state index < -0.39 is 0 Å². The monoisotopic (exact) mass is 298 g/mol. The number of benzene rings is 2. The predicted molar refractivity (Wildman–Crippen MR) is 90.1 cm³/mol. The Morgan fingerprint density at radius 2 is 2.00 bits per heavy atom. The molecule has 0 unspecified atom stereocenters. The summed E-state index contributed by atoms with van der Waals surface area (Å²) in [4.78, 5) is 11.7. The maximum Gasteiger partial charge on any atom is 0.240 e. The minimum atomic E-state index is -0.0907. The number of nitrogens with zero attached hydrogens (tertiary/aromatic N) is 1. The van der Waals surface area contributed by atoms with E-state index in [4.69, 9.17) is 0 Å². The number of phenolic OH excluding ortho intramolecular Hbond substituents is 1. The quantitative estimate of drug-likeness (QED) is 0.461. The van der Waals surface area contributed by atoms with Crippen LogP contribution in [0, 0.1) is 0 Å². The van der Waals surface area contributed by atoms with Gasteiger partial charge in [0.25, 0.3) is 0 Å². The standard InChI is InChI=1S/C18H22N2O2/c1-2-3-4-5-10-18(22)20-19-13-16-15-9-7-6-8-14(15)11-12-17(16)21/h6-9,11-13,21H,2-5,10H2,1H3,(H,20,22). The van der Waals surface area contributed by atoms with E-state index in [0.29, 0.717) is 12.0 Å². The van der Waals surface area contributed by atoms with Gasteiger partial charge in [-0.25, -0.2) is 5.43 Å². The summed E-state index contributed by atoms with van der Waals surface area (Å²) < 4.78 is 0. The molecule has 2 N–H and O–H groups in total. The summed E-state index contributed by atoms with van der Waals surface area (Å²) in [6.45, 7) is 2.14. The van der Waals surface area contributed by atoms with Crippen molar-refractivity contribution in [3.05, 3.63) is 42.0 Å². The average molecular weight is 298 g/mol. The SMILES string of the molecule is CCCCCCC(=O)NN=Cc1c(O)ccc2ccccc12. The van der Waals surface area contributed by atoms with Crippen molar-refractivity contribution in [2.45, 2.75) is 39.0 Å². The van der Waals surface area contributed by atoms with Crippen LogP contribution in [0.1, 0.15) is 44.6 Å². The fourth-order valence-corrected chi connectivity index (χ4v) is 2.36. The van der Waals surface area contributed by atoms with Crippen LogP contribution < -0.4 is 5.43 Å². The van der Waals surface area contributed by atoms with Crippen LogP contribution in [0.5, 0.6) is 5.75 Å². The number of hydrazone groups is 1. The number of rotatable bonds is 7. The largest absolute Gasteiger partial charge is 0.507 e. The van der Waals surface area contributed by atoms with E-state index in [2.05, 4.69) is 17.5 Å². The Bertz CT molecular complexity index is 665. The molecule has 0 atom stereocenters. The second-order valence-electron chi connectivity index (χ2n) is 5.32. The molecule has 2 aromatic rings. The van der Waals surface area contributed by atoms with Crippen LogP contribution in [0.25, 0.3) is 10.8 Å². The van der Waals surface area contributed by atoms with Gasteiger partial charge in [-0.2, -0.15) is 5.10 Å². The summed E-state index contributed by atoms with van der Waals surface area (Å²) in [5.41, 5.74) is 3.13. The topological polar surface area (TPSA) is 61.7 Å². The Labute approximate surface area is 130 Å². The first-order chi connectivity index (χ1) is 10.7. The Kier molecular flexibility index (Phi) is 5.95. The zero-order valence-corrected chi connectivity index (χ0v) is 12.9. The number of carbonyl (C=O) groups excluding carboxylic acids is 1. The Morgan fingerprint density at radius 1 is 1.18 bits per heavy atom. The number of unbranched alkanes of at least 4 members (excludes halogenated alkanes) is 3. The minimum absolute atomic E-state index is 0.0907. The van der Waals surface area contributed by atoms with E-state index in [0.717, 1.165) is 36.5 Å². The lowest BCUT2D eigenvalue weighted by atomic mass is 10.0. The molecule has 22 heavy (non-hydrogen) atoms. The van der Waals surface area contributed by atoms with Crippen LogP contribution in [-0.2, 0) is 4.79 Å². The molecule has 0 heterocycles. The number of aromatic hydroxyl groups is 1. The molecule has 4 heteroatoms. The number of amides is 1. The van der Waals surface area contributed by atoms with Gasteiger partial charge in [0.15, 0.2) is 0 Å². The normalized spacial score (nSPS) is 11.1. The number of hydrogen-bond donors (Lipinski definition) is 2. The van der Waals surface area contributed by atoms with Gasteiger partial charge in [0, 0.05) is 12.0 Å². The van der Waals surface area contributed by atoms with E-state index in [-0.39, 0.29) is 11.7 Å². The van der Waals surface area contributed by atoms with Gasteiger partial charge in [-0.05, 0) is 23.3 Å². The van der Waals surface area contributed by atoms with Crippen LogP contribution in [0.2, 0.25) is 0 Å². The molecular formula is C18H22N2O2. The highest BCUT2D eigenvalue weighted by Gasteiger charge is 2.04. The highest BCUT2D eigenvalue weighted by Crippen LogP contribution is 2.25. The molecule has 0 aliphatic heterocycles. The molecule has 116 valence electrons. The van der Waals surface area contributed by atoms with Gasteiger partial charge in [0.05, 0.1) is 6.21 Å². The molecule has 0 aromatic heterocycles. The summed E-state index contributed by atoms with van der Waals surface area (Å²) >= 11 is 0. The number of fused-ring (bicyclic) bond motifs is 1. The van der Waals surface area contributed by atoms with Crippen molar-refractivity contribution in [3.8, 4) is 5.75 Å². The second-order valence-corrected chi connectivity index (χ2v) is 5.32. The highest BCUT2D eigenvalue weighted by atomic mass is 16.3. The van der Waals surface area contributed by atoms with Crippen molar-refractivity contribution >= 4 is 22.9 Å². The average Bonchev–Trinajstić information content (AvgIpc) is 2.54. The van der Waals surface area contributed by atoms with Crippen LogP contribution in [0.15, 0.2) is 41.5 Å². The zero-order chi connectivity index (χ0) is 15.8. The lowest BCUT2D eigenvalue weighted by molar-refractivity contribution is -0.121. The van der Waals surface area contributed by atoms with Gasteiger partial charge >= 0.3 is 0 Å². The van der Waals surface area contributed by atoms with Gasteiger partial charge in [0.1, 0.15) is 5.75 Å². The molecule has 2 aromatic carbocycles. The number of phenols is 1. The molecule has 0 aliphatic rings. The third-order valence-corrected chi connectivity index (χ3v) is 3.59. The summed E-state index contributed by atoms with van der Waals surface area (Å²) in [5.74, 6) is 0.0618. The van der Waals surface area contributed by atoms with Crippen LogP contribution >= 0.6 is 0 Å². The Balaban J connectivity index is 1.98. The fourth-order valence-electron chi connectivity index (χ4n) is 2.36. The molecule has 0 aliphatic carbocycles. The first-order valence-electron chi connectivity index (χ1n) is 7.75. The minimum Gasteiger partial charge on any atom is -0.507 e. The van der Waals surface area contributed by atoms with Crippen LogP contribution in [0.3, 0.4) is 0 Å². The zero-order valence-electron chi connectivity index (χ0n) is 12.9. The molecule has 2 rings (SSSR count). The van der Waals surface area contributed by atoms with Crippen molar-refractivity contribution in [3.63, 3.8) is 0 Å². The van der Waals surface area contributed by atoms with Crippen molar-refractivity contribution in [2.24, 2.45) is 5.10 Å². The van der Waals surface area contributed by atoms with Crippen LogP contribution in [0.4, 0.5) is 0 Å². The Hall–Kier alpha value is -2.36. The molecule has 0 bridgehead atoms. The molecule has 0 saturated heterocycles. The van der Waals surface area contributed by atoms with Gasteiger partial charge in [-0.3, -0.25) is 4.79 Å². The lowest BCUT2D eigenvalue weighted by Gasteiger charge is -2.05. The van der Waals surface area contributed by atoms with Gasteiger partial charge in [-0.15, -0.1) is 0 Å². The molecule has 4 nitrogen and oxygen atoms in total. The highest BCUT2D eigenvalue weighted by molar-refractivity contribution is 6.02. The Morgan fingerprint density at radius 3 is 2.82 bits per heavy atom. The summed E-state index contributed by atoms with van der Waals surface area (Å²) in [6, 6.07) is 11.2. The molecule has 0 spiro atoms. The third kappa shape index (κ3) is 4.32. The van der Waals surface area contributed by atoms with E-state index in [9.17, 15) is 9.90 Å². The number of hydrogen-bond acceptors (Lipinski definition) is 3. The maximum atomic E-state index is 11.7. The third-order valence-electron chi connectivity index (χ3n) is 3.59. The number of nitrogens with one attached hydrogen (secondary N) is 1. The molecule has 0 fully saturated rings. The summed E-state index contributed by atoms with van der Waals surface area (Å²) in [6.07, 6.45) is 6.24. The summed E-state index contributed by atoms with van der Waals surface area (Å²) in [7, 11) is 0. The van der Waals surface area contributed by atoms with Crippen molar-refractivity contribution < 1.29 is 9.90 Å². The molecule has 1 amide bonds. The van der Waals surface area contributed by atoms with Crippen molar-refractivity contribution in [1.29, 1.82) is 0 Å². The molecule has 0 radical (unpaired) electrons. The maximum absolute atomic E-state index is 11.7.